The van der Waals surface area contributed by atoms with Gasteiger partial charge in [0.1, 0.15) is 5.75 Å². The third kappa shape index (κ3) is 3.27. The largest absolute Gasteiger partial charge is 0.508 e. The van der Waals surface area contributed by atoms with Crippen molar-refractivity contribution in [2.45, 2.75) is 13.5 Å². The Kier molecular flexibility index (Phi) is 4.30. The molecule has 94 valence electrons. The van der Waals surface area contributed by atoms with Gasteiger partial charge < -0.3 is 10.4 Å². The van der Waals surface area contributed by atoms with E-state index in [9.17, 15) is 5.11 Å². The molecule has 0 saturated carbocycles. The van der Waals surface area contributed by atoms with Crippen molar-refractivity contribution in [2.75, 3.05) is 5.32 Å². The zero-order valence-electron chi connectivity index (χ0n) is 9.87. The molecule has 0 saturated heterocycles. The minimum absolute atomic E-state index is 0.326. The van der Waals surface area contributed by atoms with Gasteiger partial charge in [0, 0.05) is 21.2 Å². The zero-order valence-corrected chi connectivity index (χ0v) is 13.0. The summed E-state index contributed by atoms with van der Waals surface area (Å²) in [5.41, 5.74) is 3.07. The number of halogens is 2. The average molecular weight is 371 g/mol. The van der Waals surface area contributed by atoms with Crippen LogP contribution in [-0.2, 0) is 6.54 Å². The molecule has 0 amide bonds. The molecule has 18 heavy (non-hydrogen) atoms. The van der Waals surface area contributed by atoms with Crippen LogP contribution in [0, 0.1) is 6.92 Å². The van der Waals surface area contributed by atoms with Crippen LogP contribution in [0.5, 0.6) is 5.75 Å². The molecule has 2 aromatic rings. The number of phenols is 1. The molecule has 0 aliphatic carbocycles. The van der Waals surface area contributed by atoms with Crippen molar-refractivity contribution in [2.24, 2.45) is 0 Å². The van der Waals surface area contributed by atoms with Gasteiger partial charge in [0.25, 0.3) is 0 Å². The summed E-state index contributed by atoms with van der Waals surface area (Å²) in [6.45, 7) is 2.63. The third-order valence-electron chi connectivity index (χ3n) is 2.68. The molecule has 0 bridgehead atoms. The van der Waals surface area contributed by atoms with Crippen LogP contribution in [0.1, 0.15) is 11.1 Å². The highest BCUT2D eigenvalue weighted by atomic mass is 79.9. The van der Waals surface area contributed by atoms with Gasteiger partial charge in [-0.15, -0.1) is 0 Å². The molecular weight excluding hydrogens is 358 g/mol. The summed E-state index contributed by atoms with van der Waals surface area (Å²) in [6, 6.07) is 11.7. The van der Waals surface area contributed by atoms with Crippen LogP contribution < -0.4 is 5.32 Å². The van der Waals surface area contributed by atoms with E-state index >= 15 is 0 Å². The molecule has 2 aromatic carbocycles. The summed E-state index contributed by atoms with van der Waals surface area (Å²) in [6.07, 6.45) is 0. The fraction of sp³-hybridized carbons (Fsp3) is 0.143. The maximum absolute atomic E-state index is 9.46. The van der Waals surface area contributed by atoms with Gasteiger partial charge in [-0.2, -0.15) is 0 Å². The fourth-order valence-electron chi connectivity index (χ4n) is 1.62. The quantitative estimate of drug-likeness (QED) is 0.758. The van der Waals surface area contributed by atoms with Gasteiger partial charge in [0.05, 0.1) is 0 Å². The summed E-state index contributed by atoms with van der Waals surface area (Å²) in [5, 5.41) is 12.8. The molecule has 4 heteroatoms. The number of nitrogens with one attached hydrogen (secondary N) is 1. The number of phenolic OH excluding ortho intramolecular Hbond substituents is 1. The van der Waals surface area contributed by atoms with E-state index in [-0.39, 0.29) is 0 Å². The zero-order chi connectivity index (χ0) is 13.1. The molecule has 0 radical (unpaired) electrons. The van der Waals surface area contributed by atoms with Crippen molar-refractivity contribution in [3.63, 3.8) is 0 Å². The van der Waals surface area contributed by atoms with Crippen molar-refractivity contribution >= 4 is 37.5 Å². The van der Waals surface area contributed by atoms with Crippen LogP contribution in [-0.4, -0.2) is 5.11 Å². The number of aryl methyl sites for hydroxylation is 1. The Morgan fingerprint density at radius 2 is 1.83 bits per heavy atom. The lowest BCUT2D eigenvalue weighted by molar-refractivity contribution is 0.471. The lowest BCUT2D eigenvalue weighted by atomic mass is 10.2. The molecule has 0 atom stereocenters. The molecule has 2 rings (SSSR count). The van der Waals surface area contributed by atoms with E-state index in [1.165, 1.54) is 5.56 Å². The first kappa shape index (κ1) is 13.4. The predicted octanol–water partition coefficient (Wildman–Crippen LogP) is 4.84. The maximum Gasteiger partial charge on any atom is 0.118 e. The minimum Gasteiger partial charge on any atom is -0.508 e. The predicted molar refractivity (Wildman–Crippen MR) is 82.0 cm³/mol. The molecule has 0 unspecified atom stereocenters. The van der Waals surface area contributed by atoms with Gasteiger partial charge in [-0.05, 0) is 80.2 Å². The number of aromatic hydroxyl groups is 1. The smallest absolute Gasteiger partial charge is 0.118 e. The molecule has 2 nitrogen and oxygen atoms in total. The maximum atomic E-state index is 9.46. The monoisotopic (exact) mass is 369 g/mol. The molecule has 0 aliphatic heterocycles. The van der Waals surface area contributed by atoms with Crippen molar-refractivity contribution in [3.05, 3.63) is 56.5 Å². The van der Waals surface area contributed by atoms with Gasteiger partial charge in [-0.1, -0.05) is 6.07 Å². The van der Waals surface area contributed by atoms with Gasteiger partial charge in [0.15, 0.2) is 0 Å². The van der Waals surface area contributed by atoms with Crippen LogP contribution in [0.3, 0.4) is 0 Å². The van der Waals surface area contributed by atoms with Crippen LogP contribution in [0.2, 0.25) is 0 Å². The van der Waals surface area contributed by atoms with Gasteiger partial charge in [-0.25, -0.2) is 0 Å². The van der Waals surface area contributed by atoms with E-state index in [0.29, 0.717) is 5.75 Å². The lowest BCUT2D eigenvalue weighted by Crippen LogP contribution is -1.99. The van der Waals surface area contributed by atoms with Crippen molar-refractivity contribution in [3.8, 4) is 5.75 Å². The molecule has 0 aromatic heterocycles. The molecule has 0 spiro atoms. The lowest BCUT2D eigenvalue weighted by Gasteiger charge is -2.09. The summed E-state index contributed by atoms with van der Waals surface area (Å²) < 4.78 is 2.09. The topological polar surface area (TPSA) is 32.3 Å². The Bertz CT molecular complexity index is 518. The Labute approximate surface area is 123 Å². The molecular formula is C14H13Br2NO. The molecule has 2 N–H and O–H groups in total. The third-order valence-corrected chi connectivity index (χ3v) is 4.56. The summed E-state index contributed by atoms with van der Waals surface area (Å²) in [4.78, 5) is 0. The van der Waals surface area contributed by atoms with Crippen molar-refractivity contribution in [1.82, 2.24) is 0 Å². The SMILES string of the molecule is Cc1cc(NCc2ccc(Br)c(Br)c2)ccc1O. The number of hydrogen-bond acceptors (Lipinski definition) is 2. The summed E-state index contributed by atoms with van der Waals surface area (Å²) in [7, 11) is 0. The molecule has 0 fully saturated rings. The van der Waals surface area contributed by atoms with Gasteiger partial charge in [-0.3, -0.25) is 0 Å². The van der Waals surface area contributed by atoms with E-state index in [1.54, 1.807) is 6.07 Å². The second-order valence-corrected chi connectivity index (χ2v) is 5.81. The van der Waals surface area contributed by atoms with E-state index in [1.807, 2.05) is 25.1 Å². The fourth-order valence-corrected chi connectivity index (χ4v) is 2.29. The number of benzene rings is 2. The highest BCUT2D eigenvalue weighted by Crippen LogP contribution is 2.25. The first-order chi connectivity index (χ1) is 8.56. The van der Waals surface area contributed by atoms with Crippen LogP contribution in [0.4, 0.5) is 5.69 Å². The summed E-state index contributed by atoms with van der Waals surface area (Å²) >= 11 is 6.93. The van der Waals surface area contributed by atoms with Crippen molar-refractivity contribution in [1.29, 1.82) is 0 Å². The van der Waals surface area contributed by atoms with Gasteiger partial charge >= 0.3 is 0 Å². The van der Waals surface area contributed by atoms with Gasteiger partial charge in [0.2, 0.25) is 0 Å². The Balaban J connectivity index is 2.06. The Hall–Kier alpha value is -1.00. The van der Waals surface area contributed by atoms with Crippen LogP contribution >= 0.6 is 31.9 Å². The van der Waals surface area contributed by atoms with Crippen molar-refractivity contribution < 1.29 is 5.11 Å². The normalized spacial score (nSPS) is 10.4. The van der Waals surface area contributed by atoms with E-state index in [2.05, 4.69) is 49.3 Å². The highest BCUT2D eigenvalue weighted by molar-refractivity contribution is 9.13. The second kappa shape index (κ2) is 5.76. The standard InChI is InChI=1S/C14H13Br2NO/c1-9-6-11(3-5-14(9)18)17-8-10-2-4-12(15)13(16)7-10/h2-7,17-18H,8H2,1H3. The Morgan fingerprint density at radius 1 is 1.06 bits per heavy atom. The first-order valence-corrected chi connectivity index (χ1v) is 7.12. The van der Waals surface area contributed by atoms with Crippen LogP contribution in [0.25, 0.3) is 0 Å². The summed E-state index contributed by atoms with van der Waals surface area (Å²) in [5.74, 6) is 0.326. The number of hydrogen-bond donors (Lipinski definition) is 2. The minimum atomic E-state index is 0.326. The molecule has 0 heterocycles. The van der Waals surface area contributed by atoms with E-state index in [4.69, 9.17) is 0 Å². The Morgan fingerprint density at radius 3 is 2.50 bits per heavy atom. The first-order valence-electron chi connectivity index (χ1n) is 5.53. The number of anilines is 1. The van der Waals surface area contributed by atoms with Crippen LogP contribution in [0.15, 0.2) is 45.3 Å². The van der Waals surface area contributed by atoms with E-state index < -0.39 is 0 Å². The number of rotatable bonds is 3. The van der Waals surface area contributed by atoms with E-state index in [0.717, 1.165) is 26.7 Å². The molecule has 0 aliphatic rings. The highest BCUT2D eigenvalue weighted by Gasteiger charge is 2.00. The average Bonchev–Trinajstić information content (AvgIpc) is 2.35. The second-order valence-electron chi connectivity index (χ2n) is 4.10.